The highest BCUT2D eigenvalue weighted by atomic mass is 35.5. The summed E-state index contributed by atoms with van der Waals surface area (Å²) in [7, 11) is 0. The number of benzene rings is 1. The number of ether oxygens (including phenoxy) is 1. The van der Waals surface area contributed by atoms with Gasteiger partial charge in [-0.2, -0.15) is 0 Å². The van der Waals surface area contributed by atoms with Gasteiger partial charge in [0.1, 0.15) is 17.7 Å². The Kier molecular flexibility index (Phi) is 1.96. The smallest absolute Gasteiger partial charge is 0.338 e. The first-order valence-electron chi connectivity index (χ1n) is 6.33. The van der Waals surface area contributed by atoms with Crippen LogP contribution in [0.1, 0.15) is 23.7 Å². The molecule has 0 aliphatic heterocycles. The average Bonchev–Trinajstić information content (AvgIpc) is 2.97. The van der Waals surface area contributed by atoms with E-state index in [1.165, 1.54) is 0 Å². The van der Waals surface area contributed by atoms with Gasteiger partial charge < -0.3 is 9.84 Å². The lowest BCUT2D eigenvalue weighted by atomic mass is 10.1. The molecule has 5 unspecified atom stereocenters. The van der Waals surface area contributed by atoms with Crippen LogP contribution in [0.4, 0.5) is 4.39 Å². The Morgan fingerprint density at radius 1 is 1.53 bits per heavy atom. The number of carboxylic acid groups (broad SMARTS) is 1. The van der Waals surface area contributed by atoms with Crippen molar-refractivity contribution in [3.63, 3.8) is 0 Å². The zero-order valence-corrected chi connectivity index (χ0v) is 10.9. The molecule has 2 bridgehead atoms. The van der Waals surface area contributed by atoms with Gasteiger partial charge in [-0.25, -0.2) is 9.18 Å². The van der Waals surface area contributed by atoms with E-state index in [1.807, 2.05) is 0 Å². The molecule has 4 aliphatic rings. The Hall–Kier alpha value is -1.29. The predicted molar refractivity (Wildman–Crippen MR) is 66.0 cm³/mol. The van der Waals surface area contributed by atoms with E-state index in [0.29, 0.717) is 11.3 Å². The van der Waals surface area contributed by atoms with E-state index in [-0.39, 0.29) is 16.9 Å². The van der Waals surface area contributed by atoms with Crippen molar-refractivity contribution in [2.24, 2.45) is 23.2 Å². The maximum atomic E-state index is 13.6. The third-order valence-corrected chi connectivity index (χ3v) is 5.55. The Bertz CT molecular complexity index is 611. The SMILES string of the molecule is CC12C3CC(Oc4cc(F)c(C(=O)O)cc4Cl)C1C32. The van der Waals surface area contributed by atoms with Crippen LogP contribution in [-0.2, 0) is 0 Å². The Labute approximate surface area is 114 Å². The normalized spacial score (nSPS) is 40.8. The van der Waals surface area contributed by atoms with Crippen molar-refractivity contribution in [3.05, 3.63) is 28.5 Å². The zero-order chi connectivity index (χ0) is 13.5. The number of carbonyl (C=O) groups is 1. The Morgan fingerprint density at radius 3 is 2.74 bits per heavy atom. The molecule has 5 heteroatoms. The van der Waals surface area contributed by atoms with Crippen LogP contribution >= 0.6 is 11.6 Å². The van der Waals surface area contributed by atoms with Crippen LogP contribution in [0.25, 0.3) is 0 Å². The van der Waals surface area contributed by atoms with Crippen molar-refractivity contribution < 1.29 is 19.0 Å². The van der Waals surface area contributed by atoms with Gasteiger partial charge in [-0.15, -0.1) is 0 Å². The summed E-state index contributed by atoms with van der Waals surface area (Å²) in [6, 6.07) is 2.20. The van der Waals surface area contributed by atoms with E-state index in [4.69, 9.17) is 21.4 Å². The fraction of sp³-hybridized carbons (Fsp3) is 0.500. The minimum atomic E-state index is -1.33. The largest absolute Gasteiger partial charge is 0.488 e. The lowest BCUT2D eigenvalue weighted by Gasteiger charge is -2.15. The molecule has 1 N–H and O–H groups in total. The standard InChI is InChI=1S/C14H12ClFO3/c1-14-6-3-10(12(14)11(6)14)19-9-4-8(16)5(13(17)18)2-7(9)15/h2,4,6,10-12H,3H2,1H3,(H,17,18). The number of rotatable bonds is 3. The number of carboxylic acids is 1. The van der Waals surface area contributed by atoms with E-state index in [0.717, 1.165) is 30.4 Å². The summed E-state index contributed by atoms with van der Waals surface area (Å²) < 4.78 is 19.4. The predicted octanol–water partition coefficient (Wildman–Crippen LogP) is 3.21. The lowest BCUT2D eigenvalue weighted by Crippen LogP contribution is -2.16. The Balaban J connectivity index is 1.59. The number of halogens is 2. The molecule has 4 saturated carbocycles. The summed E-state index contributed by atoms with van der Waals surface area (Å²) in [5.74, 6) is 0.256. The molecule has 0 heterocycles. The molecule has 0 saturated heterocycles. The van der Waals surface area contributed by atoms with Crippen LogP contribution in [0.5, 0.6) is 5.75 Å². The summed E-state index contributed by atoms with van der Waals surface area (Å²) >= 11 is 5.97. The van der Waals surface area contributed by atoms with Crippen LogP contribution in [-0.4, -0.2) is 17.2 Å². The van der Waals surface area contributed by atoms with Crippen LogP contribution in [0.15, 0.2) is 12.1 Å². The Morgan fingerprint density at radius 2 is 2.21 bits per heavy atom. The molecule has 0 spiro atoms. The van der Waals surface area contributed by atoms with Crippen LogP contribution in [0.2, 0.25) is 5.02 Å². The molecule has 4 aliphatic carbocycles. The highest BCUT2D eigenvalue weighted by Crippen LogP contribution is 2.91. The quantitative estimate of drug-likeness (QED) is 0.926. The second-order valence-electron chi connectivity index (χ2n) is 5.98. The fourth-order valence-corrected chi connectivity index (χ4v) is 4.35. The third-order valence-electron chi connectivity index (χ3n) is 5.25. The monoisotopic (exact) mass is 282 g/mol. The molecular formula is C14H12ClFO3. The summed E-state index contributed by atoms with van der Waals surface area (Å²) in [6.45, 7) is 2.27. The van der Waals surface area contributed by atoms with E-state index in [2.05, 4.69) is 6.92 Å². The number of fused-ring (bicyclic) bond motifs is 1. The van der Waals surface area contributed by atoms with Crippen molar-refractivity contribution in [1.82, 2.24) is 0 Å². The minimum absolute atomic E-state index is 0.104. The van der Waals surface area contributed by atoms with Gasteiger partial charge in [-0.1, -0.05) is 18.5 Å². The molecule has 1 aromatic carbocycles. The van der Waals surface area contributed by atoms with Gasteiger partial charge in [-0.3, -0.25) is 0 Å². The molecule has 0 radical (unpaired) electrons. The molecule has 19 heavy (non-hydrogen) atoms. The van der Waals surface area contributed by atoms with Gasteiger partial charge in [0.05, 0.1) is 10.6 Å². The molecule has 3 nitrogen and oxygen atoms in total. The number of hydrogen-bond acceptors (Lipinski definition) is 2. The average molecular weight is 283 g/mol. The number of aromatic carboxylic acids is 1. The second kappa shape index (κ2) is 3.23. The minimum Gasteiger partial charge on any atom is -0.488 e. The maximum absolute atomic E-state index is 13.6. The topological polar surface area (TPSA) is 46.5 Å². The first-order chi connectivity index (χ1) is 8.94. The van der Waals surface area contributed by atoms with Gasteiger partial charge in [0.2, 0.25) is 0 Å². The maximum Gasteiger partial charge on any atom is 0.338 e. The molecule has 100 valence electrons. The van der Waals surface area contributed by atoms with Crippen LogP contribution in [0.3, 0.4) is 0 Å². The summed E-state index contributed by atoms with van der Waals surface area (Å²) in [5.41, 5.74) is 0.0436. The van der Waals surface area contributed by atoms with Gasteiger partial charge in [0.25, 0.3) is 0 Å². The van der Waals surface area contributed by atoms with E-state index >= 15 is 0 Å². The van der Waals surface area contributed by atoms with E-state index in [1.54, 1.807) is 0 Å². The highest BCUT2D eigenvalue weighted by Gasteiger charge is 2.90. The van der Waals surface area contributed by atoms with Gasteiger partial charge in [0, 0.05) is 12.0 Å². The molecule has 4 fully saturated rings. The summed E-state index contributed by atoms with van der Waals surface area (Å²) in [4.78, 5) is 10.8. The van der Waals surface area contributed by atoms with Crippen molar-refractivity contribution >= 4 is 17.6 Å². The van der Waals surface area contributed by atoms with E-state index in [9.17, 15) is 9.18 Å². The molecule has 1 aromatic rings. The molecular weight excluding hydrogens is 271 g/mol. The van der Waals surface area contributed by atoms with Crippen molar-refractivity contribution in [3.8, 4) is 5.75 Å². The van der Waals surface area contributed by atoms with Gasteiger partial charge in [-0.05, 0) is 29.7 Å². The van der Waals surface area contributed by atoms with Crippen molar-refractivity contribution in [2.45, 2.75) is 19.4 Å². The van der Waals surface area contributed by atoms with Gasteiger partial charge in [0.15, 0.2) is 0 Å². The van der Waals surface area contributed by atoms with Crippen molar-refractivity contribution in [1.29, 1.82) is 0 Å². The summed E-state index contributed by atoms with van der Waals surface area (Å²) in [5, 5.41) is 8.97. The molecule has 0 aromatic heterocycles. The first kappa shape index (κ1) is 11.5. The van der Waals surface area contributed by atoms with Crippen molar-refractivity contribution in [2.75, 3.05) is 0 Å². The fourth-order valence-electron chi connectivity index (χ4n) is 4.14. The highest BCUT2D eigenvalue weighted by molar-refractivity contribution is 6.32. The van der Waals surface area contributed by atoms with Crippen LogP contribution < -0.4 is 4.74 Å². The zero-order valence-electron chi connectivity index (χ0n) is 10.2. The molecule has 5 atom stereocenters. The lowest BCUT2D eigenvalue weighted by molar-refractivity contribution is 0.0691. The first-order valence-corrected chi connectivity index (χ1v) is 6.71. The molecule has 5 rings (SSSR count). The second-order valence-corrected chi connectivity index (χ2v) is 6.39. The number of hydrogen-bond donors (Lipinski definition) is 1. The molecule has 0 amide bonds. The van der Waals surface area contributed by atoms with E-state index < -0.39 is 17.3 Å². The third kappa shape index (κ3) is 1.30. The van der Waals surface area contributed by atoms with Gasteiger partial charge >= 0.3 is 5.97 Å². The summed E-state index contributed by atoms with van der Waals surface area (Å²) in [6.07, 6.45) is 1.11. The van der Waals surface area contributed by atoms with Crippen LogP contribution in [0, 0.1) is 29.0 Å².